The maximum atomic E-state index is 13.6. The lowest BCUT2D eigenvalue weighted by molar-refractivity contribution is 0.0692. The fourth-order valence-electron chi connectivity index (χ4n) is 2.08. The van der Waals surface area contributed by atoms with Crippen molar-refractivity contribution in [3.8, 4) is 0 Å². The Hall–Kier alpha value is -1.58. The molecule has 1 aromatic rings. The average molecular weight is 251 g/mol. The van der Waals surface area contributed by atoms with Crippen LogP contribution in [0.15, 0.2) is 18.2 Å². The van der Waals surface area contributed by atoms with Gasteiger partial charge in [0.1, 0.15) is 5.82 Å². The van der Waals surface area contributed by atoms with Gasteiger partial charge in [-0.25, -0.2) is 9.18 Å². The molecule has 0 spiro atoms. The predicted octanol–water partition coefficient (Wildman–Crippen LogP) is 3.15. The van der Waals surface area contributed by atoms with Gasteiger partial charge in [-0.15, -0.1) is 0 Å². The molecule has 1 aromatic carbocycles. The van der Waals surface area contributed by atoms with Gasteiger partial charge in [0.15, 0.2) is 0 Å². The van der Waals surface area contributed by atoms with E-state index >= 15 is 0 Å². The molecular formula is C14H18FNO2. The number of hydrogen-bond acceptors (Lipinski definition) is 2. The number of benzene rings is 1. The summed E-state index contributed by atoms with van der Waals surface area (Å²) in [6.07, 6.45) is 3.49. The molecule has 1 aliphatic rings. The third-order valence-corrected chi connectivity index (χ3v) is 3.22. The smallest absolute Gasteiger partial charge is 0.338 e. The Labute approximate surface area is 106 Å². The van der Waals surface area contributed by atoms with E-state index in [4.69, 9.17) is 5.11 Å². The Kier molecular flexibility index (Phi) is 3.84. The van der Waals surface area contributed by atoms with E-state index in [1.165, 1.54) is 25.0 Å². The third-order valence-electron chi connectivity index (χ3n) is 3.22. The lowest BCUT2D eigenvalue weighted by Crippen LogP contribution is -2.26. The molecule has 1 saturated carbocycles. The molecule has 0 aliphatic heterocycles. The average Bonchev–Trinajstić information content (AvgIpc) is 3.11. The molecule has 0 radical (unpaired) electrons. The minimum absolute atomic E-state index is 0.262. The van der Waals surface area contributed by atoms with Crippen molar-refractivity contribution in [3.05, 3.63) is 29.6 Å². The molecule has 0 aromatic heterocycles. The van der Waals surface area contributed by atoms with Gasteiger partial charge in [0.2, 0.25) is 0 Å². The second-order valence-electron chi connectivity index (χ2n) is 4.86. The monoisotopic (exact) mass is 251 g/mol. The molecule has 4 heteroatoms. The molecule has 18 heavy (non-hydrogen) atoms. The highest BCUT2D eigenvalue weighted by molar-refractivity contribution is 5.88. The summed E-state index contributed by atoms with van der Waals surface area (Å²) >= 11 is 0. The van der Waals surface area contributed by atoms with E-state index in [0.717, 1.165) is 31.1 Å². The van der Waals surface area contributed by atoms with Crippen LogP contribution < -0.4 is 4.90 Å². The van der Waals surface area contributed by atoms with Gasteiger partial charge in [-0.1, -0.05) is 6.92 Å². The first-order valence-corrected chi connectivity index (χ1v) is 6.39. The topological polar surface area (TPSA) is 40.5 Å². The first kappa shape index (κ1) is 12.9. The standard InChI is InChI=1S/C14H18FNO2/c1-2-7-16(9-10-3-4-10)11-5-6-12(14(17)18)13(15)8-11/h5-6,8,10H,2-4,7,9H2,1H3,(H,17,18). The Morgan fingerprint density at radius 1 is 1.50 bits per heavy atom. The molecule has 0 bridgehead atoms. The second kappa shape index (κ2) is 5.38. The van der Waals surface area contributed by atoms with Crippen molar-refractivity contribution in [1.29, 1.82) is 0 Å². The zero-order valence-electron chi connectivity index (χ0n) is 10.5. The molecule has 0 atom stereocenters. The Morgan fingerprint density at radius 2 is 2.22 bits per heavy atom. The number of rotatable bonds is 6. The molecule has 1 N–H and O–H groups in total. The minimum atomic E-state index is -1.22. The SMILES string of the molecule is CCCN(CC1CC1)c1ccc(C(=O)O)c(F)c1. The molecule has 2 rings (SSSR count). The Morgan fingerprint density at radius 3 is 2.72 bits per heavy atom. The van der Waals surface area contributed by atoms with Crippen molar-refractivity contribution in [2.24, 2.45) is 5.92 Å². The summed E-state index contributed by atoms with van der Waals surface area (Å²) in [6.45, 7) is 3.91. The molecular weight excluding hydrogens is 233 g/mol. The quantitative estimate of drug-likeness (QED) is 0.844. The van der Waals surface area contributed by atoms with Crippen LogP contribution in [0.3, 0.4) is 0 Å². The van der Waals surface area contributed by atoms with Crippen molar-refractivity contribution in [1.82, 2.24) is 0 Å². The van der Waals surface area contributed by atoms with Crippen molar-refractivity contribution < 1.29 is 14.3 Å². The van der Waals surface area contributed by atoms with Gasteiger partial charge >= 0.3 is 5.97 Å². The number of halogens is 1. The third kappa shape index (κ3) is 3.00. The van der Waals surface area contributed by atoms with Gasteiger partial charge in [-0.05, 0) is 43.4 Å². The van der Waals surface area contributed by atoms with Gasteiger partial charge in [0.05, 0.1) is 5.56 Å². The number of carbonyl (C=O) groups is 1. The number of nitrogens with zero attached hydrogens (tertiary/aromatic N) is 1. The van der Waals surface area contributed by atoms with Crippen molar-refractivity contribution in [2.75, 3.05) is 18.0 Å². The normalized spacial score (nSPS) is 14.6. The van der Waals surface area contributed by atoms with Crippen LogP contribution in [0.4, 0.5) is 10.1 Å². The van der Waals surface area contributed by atoms with E-state index in [2.05, 4.69) is 11.8 Å². The van der Waals surface area contributed by atoms with Gasteiger partial charge in [-0.2, -0.15) is 0 Å². The molecule has 0 amide bonds. The van der Waals surface area contributed by atoms with Crippen molar-refractivity contribution >= 4 is 11.7 Å². The highest BCUT2D eigenvalue weighted by Gasteiger charge is 2.24. The number of anilines is 1. The van der Waals surface area contributed by atoms with Crippen molar-refractivity contribution in [2.45, 2.75) is 26.2 Å². The minimum Gasteiger partial charge on any atom is -0.478 e. The van der Waals surface area contributed by atoms with Crippen LogP contribution in [0.5, 0.6) is 0 Å². The lowest BCUT2D eigenvalue weighted by atomic mass is 10.1. The summed E-state index contributed by atoms with van der Waals surface area (Å²) < 4.78 is 13.6. The van der Waals surface area contributed by atoms with E-state index in [0.29, 0.717) is 0 Å². The highest BCUT2D eigenvalue weighted by Crippen LogP contribution is 2.31. The number of hydrogen-bond donors (Lipinski definition) is 1. The van der Waals surface area contributed by atoms with E-state index in [-0.39, 0.29) is 5.56 Å². The van der Waals surface area contributed by atoms with Crippen LogP contribution in [-0.2, 0) is 0 Å². The van der Waals surface area contributed by atoms with Crippen molar-refractivity contribution in [3.63, 3.8) is 0 Å². The molecule has 1 fully saturated rings. The highest BCUT2D eigenvalue weighted by atomic mass is 19.1. The molecule has 3 nitrogen and oxygen atoms in total. The fraction of sp³-hybridized carbons (Fsp3) is 0.500. The van der Waals surface area contributed by atoms with Gasteiger partial charge < -0.3 is 10.0 Å². The van der Waals surface area contributed by atoms with Crippen LogP contribution in [0.25, 0.3) is 0 Å². The molecule has 98 valence electrons. The summed E-state index contributed by atoms with van der Waals surface area (Å²) in [5.41, 5.74) is 0.521. The summed E-state index contributed by atoms with van der Waals surface area (Å²) in [7, 11) is 0. The van der Waals surface area contributed by atoms with Crippen LogP contribution >= 0.6 is 0 Å². The zero-order chi connectivity index (χ0) is 13.1. The number of carboxylic acids is 1. The van der Waals surface area contributed by atoms with Gasteiger partial charge in [-0.3, -0.25) is 0 Å². The Bertz CT molecular complexity index is 443. The maximum absolute atomic E-state index is 13.6. The zero-order valence-corrected chi connectivity index (χ0v) is 10.5. The molecule has 0 saturated heterocycles. The maximum Gasteiger partial charge on any atom is 0.338 e. The first-order chi connectivity index (χ1) is 8.61. The lowest BCUT2D eigenvalue weighted by Gasteiger charge is -2.24. The van der Waals surface area contributed by atoms with Crippen LogP contribution in [0.2, 0.25) is 0 Å². The summed E-state index contributed by atoms with van der Waals surface area (Å²) in [5, 5.41) is 8.80. The summed E-state index contributed by atoms with van der Waals surface area (Å²) in [6, 6.07) is 4.38. The number of carboxylic acid groups (broad SMARTS) is 1. The van der Waals surface area contributed by atoms with Gasteiger partial charge in [0.25, 0.3) is 0 Å². The largest absolute Gasteiger partial charge is 0.478 e. The molecule has 0 heterocycles. The summed E-state index contributed by atoms with van der Waals surface area (Å²) in [5.74, 6) is -1.15. The number of aromatic carboxylic acids is 1. The van der Waals surface area contributed by atoms with E-state index in [1.807, 2.05) is 0 Å². The molecule has 1 aliphatic carbocycles. The van der Waals surface area contributed by atoms with E-state index in [9.17, 15) is 9.18 Å². The van der Waals surface area contributed by atoms with Crippen LogP contribution in [0.1, 0.15) is 36.5 Å². The molecule has 0 unspecified atom stereocenters. The van der Waals surface area contributed by atoms with Gasteiger partial charge in [0, 0.05) is 18.8 Å². The predicted molar refractivity (Wildman–Crippen MR) is 68.6 cm³/mol. The summed E-state index contributed by atoms with van der Waals surface area (Å²) in [4.78, 5) is 12.9. The van der Waals surface area contributed by atoms with Crippen LogP contribution in [-0.4, -0.2) is 24.2 Å². The van der Waals surface area contributed by atoms with Crippen LogP contribution in [0, 0.1) is 11.7 Å². The fourth-order valence-corrected chi connectivity index (χ4v) is 2.08. The first-order valence-electron chi connectivity index (χ1n) is 6.39. The van der Waals surface area contributed by atoms with E-state index < -0.39 is 11.8 Å². The second-order valence-corrected chi connectivity index (χ2v) is 4.86. The van der Waals surface area contributed by atoms with E-state index in [1.54, 1.807) is 6.07 Å². The Balaban J connectivity index is 2.18.